The van der Waals surface area contributed by atoms with E-state index in [0.717, 1.165) is 22.3 Å². The Hall–Kier alpha value is -3.86. The molecule has 0 spiro atoms. The average molecular weight is 356 g/mol. The summed E-state index contributed by atoms with van der Waals surface area (Å²) in [7, 11) is 0. The van der Waals surface area contributed by atoms with Crippen molar-refractivity contribution in [1.29, 1.82) is 0 Å². The van der Waals surface area contributed by atoms with Gasteiger partial charge >= 0.3 is 0 Å². The van der Waals surface area contributed by atoms with Crippen LogP contribution in [-0.2, 0) is 0 Å². The van der Waals surface area contributed by atoms with E-state index in [2.05, 4.69) is 46.9 Å². The molecule has 5 rings (SSSR count). The first-order chi connectivity index (χ1) is 13.3. The molecule has 27 heavy (non-hydrogen) atoms. The van der Waals surface area contributed by atoms with Crippen LogP contribution < -0.4 is 10.6 Å². The number of fused-ring (bicyclic) bond motifs is 1. The number of hydrogen-bond donors (Lipinski definition) is 4. The normalized spacial score (nSPS) is 13.4. The summed E-state index contributed by atoms with van der Waals surface area (Å²) in [5.74, 6) is 4.87. The second kappa shape index (κ2) is 6.14. The van der Waals surface area contributed by atoms with E-state index in [1.54, 1.807) is 12.4 Å². The van der Waals surface area contributed by atoms with Crippen LogP contribution in [0.5, 0.6) is 0 Å². The van der Waals surface area contributed by atoms with E-state index < -0.39 is 0 Å². The molecule has 0 bridgehead atoms. The third-order valence-corrected chi connectivity index (χ3v) is 4.50. The number of aromatic nitrogens is 6. The summed E-state index contributed by atoms with van der Waals surface area (Å²) < 4.78 is 0. The number of nitrogens with zero attached hydrogens (tertiary/aromatic N) is 4. The third-order valence-electron chi connectivity index (χ3n) is 4.50. The van der Waals surface area contributed by atoms with Gasteiger partial charge in [0.1, 0.15) is 0 Å². The highest BCUT2D eigenvalue weighted by atomic mass is 15.2. The lowest BCUT2D eigenvalue weighted by molar-refractivity contribution is 0.966. The topological polar surface area (TPSA) is 107 Å². The number of anilines is 4. The molecule has 3 aromatic heterocycles. The maximum atomic E-state index is 5.59. The van der Waals surface area contributed by atoms with E-state index in [1.165, 1.54) is 12.8 Å². The fourth-order valence-corrected chi connectivity index (χ4v) is 2.92. The number of H-pyrrole nitrogens is 2. The van der Waals surface area contributed by atoms with Gasteiger partial charge in [0.05, 0.1) is 23.5 Å². The summed E-state index contributed by atoms with van der Waals surface area (Å²) in [6.45, 7) is 0. The van der Waals surface area contributed by atoms with Gasteiger partial charge < -0.3 is 10.6 Å². The van der Waals surface area contributed by atoms with E-state index in [1.807, 2.05) is 24.3 Å². The molecule has 8 nitrogen and oxygen atoms in total. The van der Waals surface area contributed by atoms with E-state index in [9.17, 15) is 0 Å². The van der Waals surface area contributed by atoms with Crippen LogP contribution >= 0.6 is 0 Å². The molecule has 1 aliphatic rings. The van der Waals surface area contributed by atoms with Crippen LogP contribution in [0.3, 0.4) is 0 Å². The summed E-state index contributed by atoms with van der Waals surface area (Å²) in [5.41, 5.74) is 3.54. The fourth-order valence-electron chi connectivity index (χ4n) is 2.92. The number of rotatable bonds is 5. The summed E-state index contributed by atoms with van der Waals surface area (Å²) in [6.07, 6.45) is 11.4. The quantitative estimate of drug-likeness (QED) is 0.408. The molecule has 0 atom stereocenters. The Morgan fingerprint density at radius 1 is 1.11 bits per heavy atom. The van der Waals surface area contributed by atoms with Crippen molar-refractivity contribution in [3.63, 3.8) is 0 Å². The maximum Gasteiger partial charge on any atom is 0.229 e. The second-order valence-electron chi connectivity index (χ2n) is 6.51. The summed E-state index contributed by atoms with van der Waals surface area (Å²) >= 11 is 0. The van der Waals surface area contributed by atoms with Crippen molar-refractivity contribution in [2.75, 3.05) is 10.6 Å². The molecule has 1 aliphatic carbocycles. The molecule has 1 aromatic carbocycles. The van der Waals surface area contributed by atoms with Crippen LogP contribution in [0.1, 0.15) is 30.0 Å². The zero-order valence-electron chi connectivity index (χ0n) is 14.3. The maximum absolute atomic E-state index is 5.59. The van der Waals surface area contributed by atoms with Gasteiger partial charge in [0.15, 0.2) is 11.6 Å². The van der Waals surface area contributed by atoms with Crippen molar-refractivity contribution in [3.05, 3.63) is 47.9 Å². The number of nitrogens with one attached hydrogen (secondary N) is 4. The fraction of sp³-hybridized carbons (Fsp3) is 0.158. The Morgan fingerprint density at radius 3 is 2.89 bits per heavy atom. The zero-order valence-corrected chi connectivity index (χ0v) is 14.3. The monoisotopic (exact) mass is 356 g/mol. The molecule has 0 saturated heterocycles. The minimum atomic E-state index is 0.442. The van der Waals surface area contributed by atoms with Crippen molar-refractivity contribution >= 4 is 34.2 Å². The summed E-state index contributed by atoms with van der Waals surface area (Å²) in [6, 6.07) is 7.85. The van der Waals surface area contributed by atoms with Crippen LogP contribution in [0.2, 0.25) is 0 Å². The van der Waals surface area contributed by atoms with Crippen LogP contribution in [0.15, 0.2) is 36.7 Å². The van der Waals surface area contributed by atoms with Gasteiger partial charge in [-0.3, -0.25) is 10.2 Å². The van der Waals surface area contributed by atoms with Gasteiger partial charge in [-0.1, -0.05) is 5.92 Å². The highest BCUT2D eigenvalue weighted by Crippen LogP contribution is 2.39. The van der Waals surface area contributed by atoms with Crippen LogP contribution in [0.25, 0.3) is 10.9 Å². The molecule has 4 N–H and O–H groups in total. The predicted octanol–water partition coefficient (Wildman–Crippen LogP) is 3.42. The van der Waals surface area contributed by atoms with Crippen LogP contribution in [0.4, 0.5) is 23.3 Å². The van der Waals surface area contributed by atoms with Gasteiger partial charge in [-0.25, -0.2) is 4.98 Å². The Balaban J connectivity index is 1.41. The highest BCUT2D eigenvalue weighted by molar-refractivity contribution is 5.82. The number of terminal acetylenes is 1. The van der Waals surface area contributed by atoms with Gasteiger partial charge in [0.2, 0.25) is 5.95 Å². The van der Waals surface area contributed by atoms with Gasteiger partial charge in [0.25, 0.3) is 0 Å². The third kappa shape index (κ3) is 3.06. The number of benzene rings is 1. The lowest BCUT2D eigenvalue weighted by Crippen LogP contribution is -2.03. The number of hydrogen-bond acceptors (Lipinski definition) is 6. The van der Waals surface area contributed by atoms with Gasteiger partial charge in [0, 0.05) is 28.8 Å². The zero-order chi connectivity index (χ0) is 18.2. The predicted molar refractivity (Wildman–Crippen MR) is 103 cm³/mol. The Kier molecular flexibility index (Phi) is 3.50. The van der Waals surface area contributed by atoms with Gasteiger partial charge in [-0.2, -0.15) is 15.2 Å². The molecule has 0 radical (unpaired) electrons. The highest BCUT2D eigenvalue weighted by Gasteiger charge is 2.25. The molecule has 8 heteroatoms. The molecule has 4 aromatic rings. The molecule has 132 valence electrons. The number of aromatic amines is 2. The van der Waals surface area contributed by atoms with Crippen molar-refractivity contribution in [2.45, 2.75) is 18.8 Å². The van der Waals surface area contributed by atoms with Gasteiger partial charge in [-0.05, 0) is 31.0 Å². The summed E-state index contributed by atoms with van der Waals surface area (Å²) in [5, 5.41) is 21.7. The molecule has 3 heterocycles. The Labute approximate surface area is 154 Å². The van der Waals surface area contributed by atoms with E-state index in [-0.39, 0.29) is 0 Å². The van der Waals surface area contributed by atoms with Crippen molar-refractivity contribution in [2.24, 2.45) is 0 Å². The molecule has 1 saturated carbocycles. The Bertz CT molecular complexity index is 1160. The van der Waals surface area contributed by atoms with Crippen LogP contribution in [0, 0.1) is 12.3 Å². The summed E-state index contributed by atoms with van der Waals surface area (Å²) in [4.78, 5) is 8.82. The smallest absolute Gasteiger partial charge is 0.229 e. The van der Waals surface area contributed by atoms with E-state index in [0.29, 0.717) is 29.1 Å². The molecule has 0 unspecified atom stereocenters. The second-order valence-corrected chi connectivity index (χ2v) is 6.51. The Morgan fingerprint density at radius 2 is 2.04 bits per heavy atom. The lowest BCUT2D eigenvalue weighted by Gasteiger charge is -2.09. The van der Waals surface area contributed by atoms with Crippen molar-refractivity contribution < 1.29 is 0 Å². The van der Waals surface area contributed by atoms with E-state index in [4.69, 9.17) is 6.42 Å². The molecule has 1 fully saturated rings. The first kappa shape index (κ1) is 15.4. The average Bonchev–Trinajstić information content (AvgIpc) is 3.24. The van der Waals surface area contributed by atoms with Crippen molar-refractivity contribution in [3.8, 4) is 12.3 Å². The largest absolute Gasteiger partial charge is 0.324 e. The molecule has 0 aliphatic heterocycles. The first-order valence-corrected chi connectivity index (χ1v) is 8.64. The minimum Gasteiger partial charge on any atom is -0.324 e. The molecular formula is C19H16N8. The minimum absolute atomic E-state index is 0.442. The van der Waals surface area contributed by atoms with Crippen LogP contribution in [-0.4, -0.2) is 30.4 Å². The lowest BCUT2D eigenvalue weighted by atomic mass is 10.2. The molecule has 0 amide bonds. The van der Waals surface area contributed by atoms with E-state index >= 15 is 0 Å². The molecular weight excluding hydrogens is 340 g/mol. The first-order valence-electron chi connectivity index (χ1n) is 8.64. The SMILES string of the molecule is C#Cc1cnc(Nc2ccc3[nH]ncc3c2)nc1Nc1cc(C2CC2)[nH]n1. The van der Waals surface area contributed by atoms with Crippen molar-refractivity contribution in [1.82, 2.24) is 30.4 Å². The standard InChI is InChI=1S/C19H16N8/c1-2-11-9-20-19(22-14-5-6-15-13(7-14)10-21-25-15)24-18(11)23-17-8-16(26-27-17)12-3-4-12/h1,5-10,12H,3-4H2,(H,21,25)(H3,20,22,23,24,26,27). The van der Waals surface area contributed by atoms with Gasteiger partial charge in [-0.15, -0.1) is 6.42 Å².